The van der Waals surface area contributed by atoms with Crippen LogP contribution in [0.2, 0.25) is 10.0 Å². The number of amides is 1. The van der Waals surface area contributed by atoms with Gasteiger partial charge in [-0.1, -0.05) is 42.1 Å². The maximum Gasteiger partial charge on any atom is 0.263 e. The summed E-state index contributed by atoms with van der Waals surface area (Å²) < 4.78 is 0.922. The summed E-state index contributed by atoms with van der Waals surface area (Å²) in [4.78, 5) is 13.1. The molecule has 0 bridgehead atoms. The van der Waals surface area contributed by atoms with Gasteiger partial charge in [-0.15, -0.1) is 23.7 Å². The molecule has 0 spiro atoms. The van der Waals surface area contributed by atoms with Crippen molar-refractivity contribution in [3.8, 4) is 0 Å². The molecule has 0 radical (unpaired) electrons. The summed E-state index contributed by atoms with van der Waals surface area (Å²) in [7, 11) is 0. The van der Waals surface area contributed by atoms with E-state index in [1.807, 2.05) is 12.1 Å². The van der Waals surface area contributed by atoms with Crippen molar-refractivity contribution in [3.05, 3.63) is 33.1 Å². The van der Waals surface area contributed by atoms with E-state index in [9.17, 15) is 4.79 Å². The standard InChI is InChI=1S/C15H16Cl2N2OS.ClH/c16-9-3-4-10-11(7-9)21-13(12(10)17)14(20)19-15(8-18)5-1-2-6-15;/h3-4,7H,1-2,5-6,8,18H2,(H,19,20);1H. The van der Waals surface area contributed by atoms with Gasteiger partial charge in [0, 0.05) is 21.7 Å². The van der Waals surface area contributed by atoms with Crippen LogP contribution >= 0.6 is 46.9 Å². The molecule has 7 heteroatoms. The maximum absolute atomic E-state index is 12.6. The van der Waals surface area contributed by atoms with E-state index in [1.54, 1.807) is 6.07 Å². The topological polar surface area (TPSA) is 55.1 Å². The molecule has 0 unspecified atom stereocenters. The van der Waals surface area contributed by atoms with Crippen molar-refractivity contribution >= 4 is 62.9 Å². The van der Waals surface area contributed by atoms with Crippen LogP contribution in [0.4, 0.5) is 0 Å². The summed E-state index contributed by atoms with van der Waals surface area (Å²) in [5.74, 6) is -0.135. The highest BCUT2D eigenvalue weighted by molar-refractivity contribution is 7.21. The van der Waals surface area contributed by atoms with Crippen molar-refractivity contribution in [2.45, 2.75) is 31.2 Å². The van der Waals surface area contributed by atoms with Crippen LogP contribution in [0.5, 0.6) is 0 Å². The molecular weight excluding hydrogens is 363 g/mol. The van der Waals surface area contributed by atoms with Gasteiger partial charge in [0.1, 0.15) is 4.88 Å². The number of carbonyl (C=O) groups is 1. The molecule has 0 atom stereocenters. The number of nitrogens with one attached hydrogen (secondary N) is 1. The maximum atomic E-state index is 12.6. The summed E-state index contributed by atoms with van der Waals surface area (Å²) in [6.45, 7) is 0.465. The minimum Gasteiger partial charge on any atom is -0.345 e. The fraction of sp³-hybridized carbons (Fsp3) is 0.400. The van der Waals surface area contributed by atoms with Crippen LogP contribution in [0, 0.1) is 0 Å². The van der Waals surface area contributed by atoms with Crippen molar-refractivity contribution in [2.75, 3.05) is 6.54 Å². The number of halogens is 3. The smallest absolute Gasteiger partial charge is 0.263 e. The van der Waals surface area contributed by atoms with E-state index in [1.165, 1.54) is 11.3 Å². The van der Waals surface area contributed by atoms with Crippen molar-refractivity contribution < 1.29 is 4.79 Å². The number of hydrogen-bond acceptors (Lipinski definition) is 3. The Morgan fingerprint density at radius 3 is 2.64 bits per heavy atom. The van der Waals surface area contributed by atoms with Crippen LogP contribution in [-0.4, -0.2) is 18.0 Å². The molecule has 0 saturated heterocycles. The van der Waals surface area contributed by atoms with Gasteiger partial charge in [0.2, 0.25) is 0 Å². The van der Waals surface area contributed by atoms with E-state index in [2.05, 4.69) is 5.32 Å². The molecule has 1 aliphatic rings. The van der Waals surface area contributed by atoms with E-state index >= 15 is 0 Å². The highest BCUT2D eigenvalue weighted by atomic mass is 35.5. The monoisotopic (exact) mass is 378 g/mol. The van der Waals surface area contributed by atoms with E-state index in [0.29, 0.717) is 21.5 Å². The number of carbonyl (C=O) groups excluding carboxylic acids is 1. The SMILES string of the molecule is Cl.NCC1(NC(=O)c2sc3cc(Cl)ccc3c2Cl)CCCC1. The lowest BCUT2D eigenvalue weighted by Gasteiger charge is -2.28. The largest absolute Gasteiger partial charge is 0.345 e. The molecule has 1 fully saturated rings. The molecule has 3 rings (SSSR count). The molecular formula is C15H17Cl3N2OS. The molecule has 120 valence electrons. The molecule has 22 heavy (non-hydrogen) atoms. The quantitative estimate of drug-likeness (QED) is 0.816. The molecule has 1 amide bonds. The zero-order valence-electron chi connectivity index (χ0n) is 11.8. The third-order valence-corrected chi connectivity index (χ3v) is 6.02. The van der Waals surface area contributed by atoms with Gasteiger partial charge < -0.3 is 11.1 Å². The van der Waals surface area contributed by atoms with Crippen LogP contribution in [0.25, 0.3) is 10.1 Å². The first kappa shape index (κ1) is 17.8. The normalized spacial score (nSPS) is 16.5. The van der Waals surface area contributed by atoms with Gasteiger partial charge in [0.25, 0.3) is 5.91 Å². The van der Waals surface area contributed by atoms with Crippen molar-refractivity contribution in [1.29, 1.82) is 0 Å². The Labute approximate surface area is 149 Å². The molecule has 1 saturated carbocycles. The van der Waals surface area contributed by atoms with Gasteiger partial charge in [-0.2, -0.15) is 0 Å². The molecule has 3 N–H and O–H groups in total. The highest BCUT2D eigenvalue weighted by Gasteiger charge is 2.35. The highest BCUT2D eigenvalue weighted by Crippen LogP contribution is 2.37. The van der Waals surface area contributed by atoms with E-state index < -0.39 is 0 Å². The Balaban J connectivity index is 0.00000176. The Kier molecular flexibility index (Phi) is 5.62. The van der Waals surface area contributed by atoms with Crippen molar-refractivity contribution in [1.82, 2.24) is 5.32 Å². The van der Waals surface area contributed by atoms with E-state index in [4.69, 9.17) is 28.9 Å². The molecule has 2 aromatic rings. The van der Waals surface area contributed by atoms with Crippen LogP contribution in [-0.2, 0) is 0 Å². The molecule has 0 aliphatic heterocycles. The average molecular weight is 380 g/mol. The number of thiophene rings is 1. The summed E-state index contributed by atoms with van der Waals surface area (Å²) in [5.41, 5.74) is 5.60. The minimum absolute atomic E-state index is 0. The predicted octanol–water partition coefficient (Wildman–Crippen LogP) is 4.63. The third-order valence-electron chi connectivity index (χ3n) is 4.13. The second kappa shape index (κ2) is 6.93. The third kappa shape index (κ3) is 3.22. The Morgan fingerprint density at radius 2 is 2.00 bits per heavy atom. The first-order valence-corrected chi connectivity index (χ1v) is 8.52. The first-order chi connectivity index (χ1) is 10.0. The van der Waals surface area contributed by atoms with Crippen molar-refractivity contribution in [2.24, 2.45) is 5.73 Å². The molecule has 1 heterocycles. The second-order valence-corrected chi connectivity index (χ2v) is 7.40. The number of nitrogens with two attached hydrogens (primary N) is 1. The van der Waals surface area contributed by atoms with Crippen LogP contribution in [0.3, 0.4) is 0 Å². The van der Waals surface area contributed by atoms with Crippen LogP contribution in [0.15, 0.2) is 18.2 Å². The van der Waals surface area contributed by atoms with Crippen LogP contribution in [0.1, 0.15) is 35.4 Å². The van der Waals surface area contributed by atoms with Gasteiger partial charge in [-0.3, -0.25) is 4.79 Å². The van der Waals surface area contributed by atoms with Gasteiger partial charge >= 0.3 is 0 Å². The average Bonchev–Trinajstić information content (AvgIpc) is 3.04. The lowest BCUT2D eigenvalue weighted by Crippen LogP contribution is -2.51. The number of rotatable bonds is 3. The zero-order chi connectivity index (χ0) is 15.0. The fourth-order valence-electron chi connectivity index (χ4n) is 2.91. The zero-order valence-corrected chi connectivity index (χ0v) is 15.0. The second-order valence-electron chi connectivity index (χ2n) is 5.53. The van der Waals surface area contributed by atoms with Gasteiger partial charge in [0.15, 0.2) is 0 Å². The van der Waals surface area contributed by atoms with Crippen molar-refractivity contribution in [3.63, 3.8) is 0 Å². The predicted molar refractivity (Wildman–Crippen MR) is 96.8 cm³/mol. The summed E-state index contributed by atoms with van der Waals surface area (Å²) in [6.07, 6.45) is 4.08. The van der Waals surface area contributed by atoms with Gasteiger partial charge in [0.05, 0.1) is 10.6 Å². The number of benzene rings is 1. The van der Waals surface area contributed by atoms with E-state index in [-0.39, 0.29) is 23.9 Å². The first-order valence-electron chi connectivity index (χ1n) is 6.95. The van der Waals surface area contributed by atoms with E-state index in [0.717, 1.165) is 35.8 Å². The van der Waals surface area contributed by atoms with Gasteiger partial charge in [-0.25, -0.2) is 0 Å². The molecule has 1 aromatic heterocycles. The lowest BCUT2D eigenvalue weighted by atomic mass is 9.98. The molecule has 3 nitrogen and oxygen atoms in total. The number of fused-ring (bicyclic) bond motifs is 1. The summed E-state index contributed by atoms with van der Waals surface area (Å²) in [6, 6.07) is 5.46. The van der Waals surface area contributed by atoms with Gasteiger partial charge in [-0.05, 0) is 25.0 Å². The lowest BCUT2D eigenvalue weighted by molar-refractivity contribution is 0.0907. The fourth-order valence-corrected chi connectivity index (χ4v) is 4.60. The summed E-state index contributed by atoms with van der Waals surface area (Å²) >= 11 is 13.7. The molecule has 1 aromatic carbocycles. The Hall–Kier alpha value is -0.520. The Bertz CT molecular complexity index is 695. The minimum atomic E-state index is -0.270. The number of hydrogen-bond donors (Lipinski definition) is 2. The Morgan fingerprint density at radius 1 is 1.32 bits per heavy atom. The summed E-state index contributed by atoms with van der Waals surface area (Å²) in [5, 5.41) is 5.10. The molecule has 1 aliphatic carbocycles. The van der Waals surface area contributed by atoms with Crippen LogP contribution < -0.4 is 11.1 Å².